The number of hydrogen-bond donors (Lipinski definition) is 2. The van der Waals surface area contributed by atoms with Gasteiger partial charge in [0.2, 0.25) is 5.91 Å². The number of carbonyl (C=O) groups excluding carboxylic acids is 1. The van der Waals surface area contributed by atoms with Gasteiger partial charge in [0.25, 0.3) is 0 Å². The third-order valence-corrected chi connectivity index (χ3v) is 2.34. The van der Waals surface area contributed by atoms with E-state index >= 15 is 0 Å². The zero-order chi connectivity index (χ0) is 12.0. The Morgan fingerprint density at radius 3 is 2.94 bits per heavy atom. The molecule has 1 amide bonds. The molecule has 4 nitrogen and oxygen atoms in total. The van der Waals surface area contributed by atoms with Gasteiger partial charge in [0, 0.05) is 12.1 Å². The SMILES string of the molecule is COC[C@H](NC(=O)CN)c1cccc(Cl)c1. The third kappa shape index (κ3) is 3.81. The summed E-state index contributed by atoms with van der Waals surface area (Å²) in [6.07, 6.45) is 0. The normalized spacial score (nSPS) is 12.2. The molecule has 0 radical (unpaired) electrons. The Hall–Kier alpha value is -1.10. The summed E-state index contributed by atoms with van der Waals surface area (Å²) in [6, 6.07) is 7.06. The summed E-state index contributed by atoms with van der Waals surface area (Å²) >= 11 is 5.88. The lowest BCUT2D eigenvalue weighted by Gasteiger charge is -2.18. The van der Waals surface area contributed by atoms with Crippen LogP contribution in [0.4, 0.5) is 0 Å². The quantitative estimate of drug-likeness (QED) is 0.813. The van der Waals surface area contributed by atoms with Crippen molar-refractivity contribution in [3.05, 3.63) is 34.9 Å². The number of rotatable bonds is 5. The molecule has 1 atom stereocenters. The first-order valence-corrected chi connectivity index (χ1v) is 5.29. The van der Waals surface area contributed by atoms with Gasteiger partial charge in [-0.3, -0.25) is 4.79 Å². The highest BCUT2D eigenvalue weighted by Crippen LogP contribution is 2.17. The highest BCUT2D eigenvalue weighted by molar-refractivity contribution is 6.30. The Bertz CT molecular complexity index is 358. The zero-order valence-corrected chi connectivity index (χ0v) is 9.83. The lowest BCUT2D eigenvalue weighted by Crippen LogP contribution is -2.35. The number of ether oxygens (including phenoxy) is 1. The lowest BCUT2D eigenvalue weighted by molar-refractivity contribution is -0.120. The molecule has 3 N–H and O–H groups in total. The molecular formula is C11H15ClN2O2. The number of nitrogens with two attached hydrogens (primary N) is 1. The first kappa shape index (κ1) is 13.0. The molecule has 1 rings (SSSR count). The minimum Gasteiger partial charge on any atom is -0.382 e. The van der Waals surface area contributed by atoms with Crippen molar-refractivity contribution in [1.82, 2.24) is 5.32 Å². The molecule has 1 aromatic rings. The average molecular weight is 243 g/mol. The second-order valence-electron chi connectivity index (χ2n) is 3.33. The average Bonchev–Trinajstić information content (AvgIpc) is 2.28. The van der Waals surface area contributed by atoms with Crippen LogP contribution in [0.2, 0.25) is 5.02 Å². The van der Waals surface area contributed by atoms with Crippen LogP contribution in [-0.4, -0.2) is 26.2 Å². The zero-order valence-electron chi connectivity index (χ0n) is 9.07. The molecule has 0 spiro atoms. The molecule has 0 saturated heterocycles. The van der Waals surface area contributed by atoms with Gasteiger partial charge >= 0.3 is 0 Å². The summed E-state index contributed by atoms with van der Waals surface area (Å²) < 4.78 is 5.05. The van der Waals surface area contributed by atoms with E-state index in [4.69, 9.17) is 22.1 Å². The molecule has 0 saturated carbocycles. The van der Waals surface area contributed by atoms with Crippen LogP contribution in [0, 0.1) is 0 Å². The standard InChI is InChI=1S/C11H15ClN2O2/c1-16-7-10(14-11(15)6-13)8-3-2-4-9(12)5-8/h2-5,10H,6-7,13H2,1H3,(H,14,15)/t10-/m0/s1. The molecule has 0 aliphatic carbocycles. The molecule has 0 aromatic heterocycles. The summed E-state index contributed by atoms with van der Waals surface area (Å²) in [5, 5.41) is 3.39. The van der Waals surface area contributed by atoms with Crippen LogP contribution in [0.25, 0.3) is 0 Å². The van der Waals surface area contributed by atoms with Gasteiger partial charge in [-0.05, 0) is 17.7 Å². The summed E-state index contributed by atoms with van der Waals surface area (Å²) in [7, 11) is 1.58. The summed E-state index contributed by atoms with van der Waals surface area (Å²) in [5.41, 5.74) is 6.14. The predicted octanol–water partition coefficient (Wildman–Crippen LogP) is 1.10. The number of carbonyl (C=O) groups is 1. The van der Waals surface area contributed by atoms with Gasteiger partial charge in [0.05, 0.1) is 19.2 Å². The van der Waals surface area contributed by atoms with Crippen LogP contribution in [-0.2, 0) is 9.53 Å². The van der Waals surface area contributed by atoms with Crippen molar-refractivity contribution in [2.24, 2.45) is 5.73 Å². The maximum absolute atomic E-state index is 11.2. The topological polar surface area (TPSA) is 64.3 Å². The summed E-state index contributed by atoms with van der Waals surface area (Å²) in [6.45, 7) is 0.340. The van der Waals surface area contributed by atoms with Gasteiger partial charge in [0.1, 0.15) is 0 Å². The fourth-order valence-corrected chi connectivity index (χ4v) is 1.56. The van der Waals surface area contributed by atoms with Crippen LogP contribution >= 0.6 is 11.6 Å². The van der Waals surface area contributed by atoms with Crippen molar-refractivity contribution in [1.29, 1.82) is 0 Å². The molecule has 1 aromatic carbocycles. The minimum absolute atomic E-state index is 0.0409. The Morgan fingerprint density at radius 1 is 1.62 bits per heavy atom. The molecule has 0 unspecified atom stereocenters. The van der Waals surface area contributed by atoms with Gasteiger partial charge in [-0.2, -0.15) is 0 Å². The Kier molecular flexibility index (Phi) is 5.25. The van der Waals surface area contributed by atoms with E-state index in [1.54, 1.807) is 19.2 Å². The van der Waals surface area contributed by atoms with Crippen molar-refractivity contribution in [2.75, 3.05) is 20.3 Å². The highest BCUT2D eigenvalue weighted by Gasteiger charge is 2.13. The van der Waals surface area contributed by atoms with Gasteiger partial charge < -0.3 is 15.8 Å². The number of amides is 1. The maximum atomic E-state index is 11.2. The van der Waals surface area contributed by atoms with Gasteiger partial charge in [-0.15, -0.1) is 0 Å². The van der Waals surface area contributed by atoms with Crippen molar-refractivity contribution < 1.29 is 9.53 Å². The molecule has 0 bridgehead atoms. The van der Waals surface area contributed by atoms with E-state index in [1.807, 2.05) is 12.1 Å². The van der Waals surface area contributed by atoms with E-state index in [9.17, 15) is 4.79 Å². The van der Waals surface area contributed by atoms with E-state index in [0.717, 1.165) is 5.56 Å². The van der Waals surface area contributed by atoms with Crippen molar-refractivity contribution in [3.8, 4) is 0 Å². The van der Waals surface area contributed by atoms with Crippen LogP contribution in [0.3, 0.4) is 0 Å². The number of methoxy groups -OCH3 is 1. The minimum atomic E-state index is -0.222. The molecular weight excluding hydrogens is 228 g/mol. The van der Waals surface area contributed by atoms with Crippen molar-refractivity contribution in [3.63, 3.8) is 0 Å². The molecule has 0 fully saturated rings. The van der Waals surface area contributed by atoms with E-state index in [2.05, 4.69) is 5.32 Å². The summed E-state index contributed by atoms with van der Waals surface area (Å²) in [4.78, 5) is 11.2. The number of benzene rings is 1. The predicted molar refractivity (Wildman–Crippen MR) is 63.3 cm³/mol. The number of hydrogen-bond acceptors (Lipinski definition) is 3. The third-order valence-electron chi connectivity index (χ3n) is 2.10. The van der Waals surface area contributed by atoms with Crippen LogP contribution in [0.1, 0.15) is 11.6 Å². The van der Waals surface area contributed by atoms with E-state index < -0.39 is 0 Å². The van der Waals surface area contributed by atoms with E-state index in [1.165, 1.54) is 0 Å². The molecule has 88 valence electrons. The van der Waals surface area contributed by atoms with Gasteiger partial charge in [0.15, 0.2) is 0 Å². The van der Waals surface area contributed by atoms with E-state index in [-0.39, 0.29) is 18.5 Å². The van der Waals surface area contributed by atoms with Crippen molar-refractivity contribution >= 4 is 17.5 Å². The first-order valence-electron chi connectivity index (χ1n) is 4.91. The number of nitrogens with one attached hydrogen (secondary N) is 1. The highest BCUT2D eigenvalue weighted by atomic mass is 35.5. The fraction of sp³-hybridized carbons (Fsp3) is 0.364. The Balaban J connectivity index is 2.80. The monoisotopic (exact) mass is 242 g/mol. The molecule has 0 aliphatic heterocycles. The summed E-state index contributed by atoms with van der Waals surface area (Å²) in [5.74, 6) is -0.220. The van der Waals surface area contributed by atoms with Crippen LogP contribution < -0.4 is 11.1 Å². The molecule has 0 heterocycles. The molecule has 5 heteroatoms. The van der Waals surface area contributed by atoms with E-state index in [0.29, 0.717) is 11.6 Å². The Morgan fingerprint density at radius 2 is 2.38 bits per heavy atom. The number of halogens is 1. The molecule has 16 heavy (non-hydrogen) atoms. The van der Waals surface area contributed by atoms with Gasteiger partial charge in [-0.1, -0.05) is 23.7 Å². The molecule has 0 aliphatic rings. The smallest absolute Gasteiger partial charge is 0.234 e. The van der Waals surface area contributed by atoms with Gasteiger partial charge in [-0.25, -0.2) is 0 Å². The second kappa shape index (κ2) is 6.48. The fourth-order valence-electron chi connectivity index (χ4n) is 1.36. The van der Waals surface area contributed by atoms with Crippen molar-refractivity contribution in [2.45, 2.75) is 6.04 Å². The Labute approximate surface area is 99.7 Å². The van der Waals surface area contributed by atoms with Crippen LogP contribution in [0.15, 0.2) is 24.3 Å². The first-order chi connectivity index (χ1) is 7.67. The van der Waals surface area contributed by atoms with Crippen LogP contribution in [0.5, 0.6) is 0 Å². The largest absolute Gasteiger partial charge is 0.382 e. The second-order valence-corrected chi connectivity index (χ2v) is 3.77. The lowest BCUT2D eigenvalue weighted by atomic mass is 10.1. The maximum Gasteiger partial charge on any atom is 0.234 e.